The van der Waals surface area contributed by atoms with E-state index in [1.165, 1.54) is 6.42 Å². The molecule has 1 aromatic rings. The second kappa shape index (κ2) is 4.78. The van der Waals surface area contributed by atoms with Crippen molar-refractivity contribution in [3.8, 4) is 6.07 Å². The number of halogens is 1. The summed E-state index contributed by atoms with van der Waals surface area (Å²) in [6, 6.07) is 5.09. The molecular weight excluding hydrogens is 227 g/mol. The lowest BCUT2D eigenvalue weighted by molar-refractivity contribution is 0.319. The van der Waals surface area contributed by atoms with Gasteiger partial charge < -0.3 is 0 Å². The van der Waals surface area contributed by atoms with Crippen LogP contribution in [0.4, 0.5) is 10.1 Å². The van der Waals surface area contributed by atoms with Crippen LogP contribution in [0.25, 0.3) is 4.85 Å². The molecule has 2 rings (SSSR count). The minimum atomic E-state index is -0.685. The first kappa shape index (κ1) is 12.6. The SMILES string of the molecule is [C-]#[N+]c1cc(C2(C)CCCCC2)cc(C#N)c1F. The van der Waals surface area contributed by atoms with E-state index in [0.717, 1.165) is 31.2 Å². The average Bonchev–Trinajstić information content (AvgIpc) is 2.39. The van der Waals surface area contributed by atoms with E-state index < -0.39 is 5.82 Å². The van der Waals surface area contributed by atoms with Gasteiger partial charge in [-0.15, -0.1) is 0 Å². The fourth-order valence-corrected chi connectivity index (χ4v) is 2.74. The van der Waals surface area contributed by atoms with Gasteiger partial charge in [0.15, 0.2) is 0 Å². The summed E-state index contributed by atoms with van der Waals surface area (Å²) in [6.45, 7) is 9.15. The van der Waals surface area contributed by atoms with E-state index in [1.54, 1.807) is 12.1 Å². The zero-order valence-corrected chi connectivity index (χ0v) is 10.5. The molecular formula is C15H15FN2. The lowest BCUT2D eigenvalue weighted by atomic mass is 9.70. The molecule has 0 N–H and O–H groups in total. The average molecular weight is 242 g/mol. The summed E-state index contributed by atoms with van der Waals surface area (Å²) >= 11 is 0. The van der Waals surface area contributed by atoms with Crippen molar-refractivity contribution in [1.82, 2.24) is 0 Å². The van der Waals surface area contributed by atoms with Crippen LogP contribution in [0.5, 0.6) is 0 Å². The molecule has 1 fully saturated rings. The number of hydrogen-bond donors (Lipinski definition) is 0. The summed E-state index contributed by atoms with van der Waals surface area (Å²) in [5, 5.41) is 8.95. The summed E-state index contributed by atoms with van der Waals surface area (Å²) in [6.07, 6.45) is 5.63. The summed E-state index contributed by atoms with van der Waals surface area (Å²) < 4.78 is 13.7. The van der Waals surface area contributed by atoms with Crippen molar-refractivity contribution >= 4 is 5.69 Å². The van der Waals surface area contributed by atoms with Gasteiger partial charge >= 0.3 is 0 Å². The molecule has 1 aliphatic carbocycles. The van der Waals surface area contributed by atoms with Gasteiger partial charge in [-0.25, -0.2) is 9.24 Å². The van der Waals surface area contributed by atoms with Crippen LogP contribution in [0, 0.1) is 23.7 Å². The van der Waals surface area contributed by atoms with Gasteiger partial charge in [-0.2, -0.15) is 5.26 Å². The van der Waals surface area contributed by atoms with Crippen LogP contribution in [-0.4, -0.2) is 0 Å². The Bertz CT molecular complexity index is 508. The minimum absolute atomic E-state index is 0.00898. The molecule has 0 atom stereocenters. The first-order chi connectivity index (χ1) is 8.60. The van der Waals surface area contributed by atoms with Crippen LogP contribution >= 0.6 is 0 Å². The van der Waals surface area contributed by atoms with Crippen molar-refractivity contribution < 1.29 is 4.39 Å². The molecule has 18 heavy (non-hydrogen) atoms. The van der Waals surface area contributed by atoms with Crippen molar-refractivity contribution in [3.63, 3.8) is 0 Å². The van der Waals surface area contributed by atoms with E-state index in [4.69, 9.17) is 11.8 Å². The summed E-state index contributed by atoms with van der Waals surface area (Å²) in [4.78, 5) is 3.19. The third kappa shape index (κ3) is 2.09. The molecule has 0 saturated heterocycles. The highest BCUT2D eigenvalue weighted by Gasteiger charge is 2.30. The zero-order valence-electron chi connectivity index (χ0n) is 10.5. The van der Waals surface area contributed by atoms with Gasteiger partial charge in [0, 0.05) is 0 Å². The first-order valence-corrected chi connectivity index (χ1v) is 6.22. The third-order valence-corrected chi connectivity index (χ3v) is 3.95. The van der Waals surface area contributed by atoms with Gasteiger partial charge in [0.25, 0.3) is 0 Å². The lowest BCUT2D eigenvalue weighted by Crippen LogP contribution is -2.25. The highest BCUT2D eigenvalue weighted by Crippen LogP contribution is 2.41. The number of hydrogen-bond acceptors (Lipinski definition) is 1. The molecule has 0 unspecified atom stereocenters. The van der Waals surface area contributed by atoms with Crippen LogP contribution < -0.4 is 0 Å². The fraction of sp³-hybridized carbons (Fsp3) is 0.467. The van der Waals surface area contributed by atoms with Gasteiger partial charge in [-0.05, 0) is 30.4 Å². The molecule has 3 heteroatoms. The Hall–Kier alpha value is -1.87. The smallest absolute Gasteiger partial charge is 0.223 e. The third-order valence-electron chi connectivity index (χ3n) is 3.95. The van der Waals surface area contributed by atoms with Gasteiger partial charge in [-0.3, -0.25) is 0 Å². The maximum atomic E-state index is 13.7. The molecule has 0 amide bonds. The van der Waals surface area contributed by atoms with Gasteiger partial charge in [-0.1, -0.05) is 31.7 Å². The Morgan fingerprint density at radius 1 is 1.33 bits per heavy atom. The molecule has 92 valence electrons. The summed E-state index contributed by atoms with van der Waals surface area (Å²) in [7, 11) is 0. The molecule has 0 radical (unpaired) electrons. The Kier molecular flexibility index (Phi) is 3.34. The molecule has 0 aromatic heterocycles. The molecule has 0 bridgehead atoms. The molecule has 1 aliphatic rings. The summed E-state index contributed by atoms with van der Waals surface area (Å²) in [5.41, 5.74) is 0.879. The predicted molar refractivity (Wildman–Crippen MR) is 67.8 cm³/mol. The predicted octanol–water partition coefficient (Wildman–Crippen LogP) is 4.47. The van der Waals surface area contributed by atoms with Crippen LogP contribution in [0.3, 0.4) is 0 Å². The standard InChI is InChI=1S/C15H15FN2/c1-15(6-4-3-5-7-15)12-8-11(10-17)14(16)13(9-12)18-2/h8-9H,3-7H2,1H3. The maximum Gasteiger partial charge on any atom is 0.223 e. The lowest BCUT2D eigenvalue weighted by Gasteiger charge is -2.34. The van der Waals surface area contributed by atoms with Crippen molar-refractivity contribution in [1.29, 1.82) is 5.26 Å². The number of rotatable bonds is 1. The quantitative estimate of drug-likeness (QED) is 0.668. The molecule has 0 aliphatic heterocycles. The molecule has 2 nitrogen and oxygen atoms in total. The van der Waals surface area contributed by atoms with E-state index in [9.17, 15) is 4.39 Å². The van der Waals surface area contributed by atoms with Crippen LogP contribution in [0.15, 0.2) is 12.1 Å². The van der Waals surface area contributed by atoms with Crippen molar-refractivity contribution in [2.45, 2.75) is 44.4 Å². The van der Waals surface area contributed by atoms with E-state index in [1.807, 2.05) is 6.07 Å². The maximum absolute atomic E-state index is 13.7. The molecule has 1 saturated carbocycles. The highest BCUT2D eigenvalue weighted by molar-refractivity contribution is 5.56. The molecule has 0 heterocycles. The minimum Gasteiger partial charge on any atom is -0.235 e. The van der Waals surface area contributed by atoms with E-state index in [2.05, 4.69) is 11.8 Å². The van der Waals surface area contributed by atoms with Gasteiger partial charge in [0.05, 0.1) is 12.1 Å². The fourth-order valence-electron chi connectivity index (χ4n) is 2.74. The normalized spacial score (nSPS) is 17.8. The number of nitrogens with zero attached hydrogens (tertiary/aromatic N) is 2. The van der Waals surface area contributed by atoms with E-state index in [-0.39, 0.29) is 16.7 Å². The van der Waals surface area contributed by atoms with Crippen molar-refractivity contribution in [2.24, 2.45) is 0 Å². The number of nitriles is 1. The van der Waals surface area contributed by atoms with Crippen LogP contribution in [0.1, 0.15) is 50.2 Å². The monoisotopic (exact) mass is 242 g/mol. The zero-order chi connectivity index (χ0) is 13.2. The Labute approximate surface area is 107 Å². The second-order valence-electron chi connectivity index (χ2n) is 5.20. The second-order valence-corrected chi connectivity index (χ2v) is 5.20. The van der Waals surface area contributed by atoms with Crippen molar-refractivity contribution in [2.75, 3.05) is 0 Å². The highest BCUT2D eigenvalue weighted by atomic mass is 19.1. The van der Waals surface area contributed by atoms with Gasteiger partial charge in [0.2, 0.25) is 5.69 Å². The van der Waals surface area contributed by atoms with Crippen LogP contribution in [0.2, 0.25) is 0 Å². The van der Waals surface area contributed by atoms with E-state index in [0.29, 0.717) is 0 Å². The first-order valence-electron chi connectivity index (χ1n) is 6.22. The van der Waals surface area contributed by atoms with Gasteiger partial charge in [0.1, 0.15) is 11.9 Å². The Morgan fingerprint density at radius 2 is 2.00 bits per heavy atom. The number of benzene rings is 1. The molecule has 0 spiro atoms. The van der Waals surface area contributed by atoms with E-state index >= 15 is 0 Å². The molecule has 1 aromatic carbocycles. The summed E-state index contributed by atoms with van der Waals surface area (Å²) in [5.74, 6) is -0.685. The Morgan fingerprint density at radius 3 is 2.56 bits per heavy atom. The Balaban J connectivity index is 2.52. The largest absolute Gasteiger partial charge is 0.235 e. The van der Waals surface area contributed by atoms with Crippen LogP contribution in [-0.2, 0) is 5.41 Å². The topological polar surface area (TPSA) is 28.1 Å². The van der Waals surface area contributed by atoms with Crippen molar-refractivity contribution in [3.05, 3.63) is 40.5 Å².